The van der Waals surface area contributed by atoms with E-state index in [0.29, 0.717) is 23.1 Å². The number of aromatic nitrogens is 5. The van der Waals surface area contributed by atoms with Crippen molar-refractivity contribution in [2.75, 3.05) is 4.72 Å². The second-order valence-corrected chi connectivity index (χ2v) is 7.65. The van der Waals surface area contributed by atoms with Crippen LogP contribution >= 0.6 is 23.2 Å². The average molecular weight is 401 g/mol. The molecule has 3 aromatic rings. The topological polar surface area (TPSA) is 94.7 Å². The van der Waals surface area contributed by atoms with Crippen LogP contribution in [-0.4, -0.2) is 33.0 Å². The summed E-state index contributed by atoms with van der Waals surface area (Å²) in [6.07, 6.45) is 4.14. The predicted molar refractivity (Wildman–Crippen MR) is 94.3 cm³/mol. The van der Waals surface area contributed by atoms with Gasteiger partial charge in [0.1, 0.15) is 11.2 Å². The normalized spacial score (nSPS) is 11.6. The molecule has 0 bridgehead atoms. The Kier molecular flexibility index (Phi) is 4.98. The van der Waals surface area contributed by atoms with Crippen molar-refractivity contribution in [3.05, 3.63) is 52.5 Å². The molecule has 2 heterocycles. The summed E-state index contributed by atoms with van der Waals surface area (Å²) in [4.78, 5) is 4.02. The maximum atomic E-state index is 12.3. The van der Waals surface area contributed by atoms with E-state index in [4.69, 9.17) is 23.2 Å². The van der Waals surface area contributed by atoms with Crippen LogP contribution in [0, 0.1) is 0 Å². The second kappa shape index (κ2) is 7.03. The highest BCUT2D eigenvalue weighted by Crippen LogP contribution is 2.23. The van der Waals surface area contributed by atoms with Crippen molar-refractivity contribution in [1.82, 2.24) is 24.5 Å². The molecule has 2 aromatic heterocycles. The van der Waals surface area contributed by atoms with Crippen LogP contribution in [0.2, 0.25) is 10.0 Å². The van der Waals surface area contributed by atoms with Crippen molar-refractivity contribution >= 4 is 39.2 Å². The molecule has 0 amide bonds. The Morgan fingerprint density at radius 1 is 1.20 bits per heavy atom. The fourth-order valence-corrected chi connectivity index (χ4v) is 3.30. The van der Waals surface area contributed by atoms with Crippen molar-refractivity contribution < 1.29 is 8.42 Å². The van der Waals surface area contributed by atoms with Crippen molar-refractivity contribution in [1.29, 1.82) is 0 Å². The van der Waals surface area contributed by atoms with Gasteiger partial charge in [0.15, 0.2) is 0 Å². The van der Waals surface area contributed by atoms with Crippen molar-refractivity contribution in [3.63, 3.8) is 0 Å². The number of sulfonamides is 1. The number of anilines is 1. The summed E-state index contributed by atoms with van der Waals surface area (Å²) in [5.41, 5.74) is 0.859. The van der Waals surface area contributed by atoms with Gasteiger partial charge in [0, 0.05) is 12.7 Å². The minimum atomic E-state index is -3.78. The fraction of sp³-hybridized carbons (Fsp3) is 0.214. The van der Waals surface area contributed by atoms with Gasteiger partial charge in [0.2, 0.25) is 0 Å². The number of aryl methyl sites for hydroxylation is 1. The molecular weight excluding hydrogens is 387 g/mol. The predicted octanol–water partition coefficient (Wildman–Crippen LogP) is 2.65. The highest BCUT2D eigenvalue weighted by atomic mass is 35.5. The minimum absolute atomic E-state index is 0.0238. The first-order valence-electron chi connectivity index (χ1n) is 7.26. The molecule has 0 unspecified atom stereocenters. The third kappa shape index (κ3) is 4.12. The van der Waals surface area contributed by atoms with Gasteiger partial charge in [-0.15, -0.1) is 5.10 Å². The number of rotatable bonds is 6. The first-order chi connectivity index (χ1) is 11.9. The summed E-state index contributed by atoms with van der Waals surface area (Å²) in [5, 5.41) is 8.96. The monoisotopic (exact) mass is 400 g/mol. The zero-order valence-corrected chi connectivity index (χ0v) is 15.4. The molecular formula is C14H14Cl2N6O2S. The van der Waals surface area contributed by atoms with E-state index in [1.54, 1.807) is 18.2 Å². The molecule has 3 rings (SSSR count). The lowest BCUT2D eigenvalue weighted by Gasteiger charge is -2.03. The molecule has 25 heavy (non-hydrogen) atoms. The Labute approximate surface area is 154 Å². The molecule has 1 N–H and O–H groups in total. The number of benzene rings is 1. The summed E-state index contributed by atoms with van der Waals surface area (Å²) in [5.74, 6) is -0.0238. The first-order valence-corrected chi connectivity index (χ1v) is 9.50. The van der Waals surface area contributed by atoms with Gasteiger partial charge in [-0.2, -0.15) is 10.1 Å². The van der Waals surface area contributed by atoms with E-state index in [1.807, 2.05) is 6.92 Å². The Balaban J connectivity index is 1.73. The molecule has 11 heteroatoms. The number of nitrogens with one attached hydrogen (secondary N) is 1. The summed E-state index contributed by atoms with van der Waals surface area (Å²) < 4.78 is 29.9. The minimum Gasteiger partial charge on any atom is -0.272 e. The molecule has 0 saturated carbocycles. The lowest BCUT2D eigenvalue weighted by molar-refractivity contribution is 0.600. The lowest BCUT2D eigenvalue weighted by atomic mass is 10.2. The van der Waals surface area contributed by atoms with E-state index in [-0.39, 0.29) is 10.8 Å². The highest BCUT2D eigenvalue weighted by Gasteiger charge is 2.18. The van der Waals surface area contributed by atoms with Crippen LogP contribution in [0.4, 0.5) is 5.95 Å². The summed E-state index contributed by atoms with van der Waals surface area (Å²) in [6.45, 7) is 2.81. The second-order valence-electron chi connectivity index (χ2n) is 5.15. The first kappa shape index (κ1) is 17.7. The smallest absolute Gasteiger partial charge is 0.267 e. The zero-order valence-electron chi connectivity index (χ0n) is 13.1. The molecule has 0 aliphatic heterocycles. The van der Waals surface area contributed by atoms with Crippen LogP contribution < -0.4 is 4.72 Å². The lowest BCUT2D eigenvalue weighted by Crippen LogP contribution is -2.14. The highest BCUT2D eigenvalue weighted by molar-refractivity contribution is 7.92. The maximum absolute atomic E-state index is 12.3. The Hall–Kier alpha value is -2.10. The quantitative estimate of drug-likeness (QED) is 0.685. The Morgan fingerprint density at radius 2 is 2.00 bits per heavy atom. The third-order valence-corrected chi connectivity index (χ3v) is 5.36. The van der Waals surface area contributed by atoms with E-state index in [2.05, 4.69) is 19.9 Å². The number of nitrogens with zero attached hydrogens (tertiary/aromatic N) is 5. The largest absolute Gasteiger partial charge is 0.272 e. The SMILES string of the molecule is CCn1cc(S(=O)(=O)Nc2ncn(Cc3ccc(Cl)c(Cl)c3)n2)cn1. The van der Waals surface area contributed by atoms with Crippen LogP contribution in [0.5, 0.6) is 0 Å². The molecule has 0 spiro atoms. The number of hydrogen-bond acceptors (Lipinski definition) is 5. The molecule has 0 fully saturated rings. The van der Waals surface area contributed by atoms with Gasteiger partial charge >= 0.3 is 0 Å². The molecule has 0 radical (unpaired) electrons. The third-order valence-electron chi connectivity index (χ3n) is 3.33. The number of halogens is 2. The van der Waals surface area contributed by atoms with Gasteiger partial charge in [-0.25, -0.2) is 17.8 Å². The van der Waals surface area contributed by atoms with Crippen molar-refractivity contribution in [3.8, 4) is 0 Å². The van der Waals surface area contributed by atoms with E-state index in [0.717, 1.165) is 5.56 Å². The van der Waals surface area contributed by atoms with Crippen LogP contribution in [0.1, 0.15) is 12.5 Å². The Bertz CT molecular complexity index is 998. The van der Waals surface area contributed by atoms with Crippen LogP contribution in [0.25, 0.3) is 0 Å². The van der Waals surface area contributed by atoms with Crippen LogP contribution in [0.3, 0.4) is 0 Å². The van der Waals surface area contributed by atoms with Gasteiger partial charge in [0.05, 0.1) is 22.8 Å². The van der Waals surface area contributed by atoms with Gasteiger partial charge in [-0.05, 0) is 24.6 Å². The van der Waals surface area contributed by atoms with E-state index >= 15 is 0 Å². The molecule has 1 aromatic carbocycles. The standard InChI is InChI=1S/C14H14Cl2N6O2S/c1-2-21-8-11(6-18-21)25(23,24)20-14-17-9-22(19-14)7-10-3-4-12(15)13(16)5-10/h3-6,8-9H,2,7H2,1H3,(H,19,20). The summed E-state index contributed by atoms with van der Waals surface area (Å²) in [6, 6.07) is 5.21. The maximum Gasteiger partial charge on any atom is 0.267 e. The van der Waals surface area contributed by atoms with E-state index in [9.17, 15) is 8.42 Å². The molecule has 0 saturated heterocycles. The molecule has 0 atom stereocenters. The molecule has 0 aliphatic carbocycles. The van der Waals surface area contributed by atoms with Crippen LogP contribution in [-0.2, 0) is 23.1 Å². The van der Waals surface area contributed by atoms with Gasteiger partial charge in [0.25, 0.3) is 16.0 Å². The van der Waals surface area contributed by atoms with Crippen LogP contribution in [0.15, 0.2) is 41.8 Å². The summed E-state index contributed by atoms with van der Waals surface area (Å²) >= 11 is 11.9. The average Bonchev–Trinajstić information content (AvgIpc) is 3.20. The van der Waals surface area contributed by atoms with E-state index in [1.165, 1.54) is 28.1 Å². The van der Waals surface area contributed by atoms with Crippen molar-refractivity contribution in [2.24, 2.45) is 0 Å². The summed E-state index contributed by atoms with van der Waals surface area (Å²) in [7, 11) is -3.78. The van der Waals surface area contributed by atoms with E-state index < -0.39 is 10.0 Å². The van der Waals surface area contributed by atoms with Gasteiger partial charge in [-0.1, -0.05) is 29.3 Å². The zero-order chi connectivity index (χ0) is 18.0. The molecule has 0 aliphatic rings. The molecule has 8 nitrogen and oxygen atoms in total. The molecule has 132 valence electrons. The fourth-order valence-electron chi connectivity index (χ4n) is 2.08. The Morgan fingerprint density at radius 3 is 2.68 bits per heavy atom. The van der Waals surface area contributed by atoms with Crippen molar-refractivity contribution in [2.45, 2.75) is 24.9 Å². The van der Waals surface area contributed by atoms with Gasteiger partial charge in [-0.3, -0.25) is 4.68 Å². The number of hydrogen-bond donors (Lipinski definition) is 1. The van der Waals surface area contributed by atoms with Gasteiger partial charge < -0.3 is 0 Å².